The highest BCUT2D eigenvalue weighted by molar-refractivity contribution is 9.10. The van der Waals surface area contributed by atoms with Gasteiger partial charge in [0.15, 0.2) is 0 Å². The normalized spacial score (nSPS) is 11.0. The molecule has 0 aliphatic carbocycles. The van der Waals surface area contributed by atoms with E-state index in [9.17, 15) is 18.7 Å². The summed E-state index contributed by atoms with van der Waals surface area (Å²) in [5.74, 6) is -1.12. The summed E-state index contributed by atoms with van der Waals surface area (Å²) < 4.78 is 38.6. The van der Waals surface area contributed by atoms with Crippen molar-refractivity contribution in [1.82, 2.24) is 4.57 Å². The number of nitrogens with zero attached hydrogens (tertiary/aromatic N) is 1. The van der Waals surface area contributed by atoms with Crippen molar-refractivity contribution in [3.8, 4) is 28.4 Å². The fraction of sp³-hybridized carbons (Fsp3) is 0.115. The molecule has 0 spiro atoms. The van der Waals surface area contributed by atoms with Gasteiger partial charge in [-0.25, -0.2) is 4.79 Å². The standard InChI is InChI=1S/C26H20BrF2NO4/c1-16-7-10-22(30(16)19-9-12-24(34-26(28)29)21(14-19)25(31)32)20-13-18(27)8-11-23(20)33-15-17-5-3-2-4-6-17/h2-14,26H,15H2,1H3,(H,31,32). The number of carboxylic acids is 1. The van der Waals surface area contributed by atoms with E-state index in [0.29, 0.717) is 18.0 Å². The Morgan fingerprint density at radius 1 is 1.00 bits per heavy atom. The van der Waals surface area contributed by atoms with Gasteiger partial charge in [0, 0.05) is 21.4 Å². The van der Waals surface area contributed by atoms with Gasteiger partial charge < -0.3 is 19.1 Å². The Kier molecular flexibility index (Phi) is 6.98. The highest BCUT2D eigenvalue weighted by atomic mass is 79.9. The van der Waals surface area contributed by atoms with E-state index in [1.807, 2.05) is 72.2 Å². The Bertz CT molecular complexity index is 1320. The number of carboxylic acid groups (broad SMARTS) is 1. The minimum atomic E-state index is -3.13. The molecule has 0 fully saturated rings. The predicted octanol–water partition coefficient (Wildman–Crippen LogP) is 7.09. The summed E-state index contributed by atoms with van der Waals surface area (Å²) in [6.07, 6.45) is 0. The number of aryl methyl sites for hydroxylation is 1. The second-order valence-electron chi connectivity index (χ2n) is 7.47. The molecule has 5 nitrogen and oxygen atoms in total. The quantitative estimate of drug-likeness (QED) is 0.265. The number of ether oxygens (including phenoxy) is 2. The van der Waals surface area contributed by atoms with Crippen LogP contribution in [-0.2, 0) is 6.61 Å². The molecule has 174 valence electrons. The van der Waals surface area contributed by atoms with Crippen molar-refractivity contribution >= 4 is 21.9 Å². The van der Waals surface area contributed by atoms with E-state index >= 15 is 0 Å². The van der Waals surface area contributed by atoms with E-state index in [1.165, 1.54) is 12.1 Å². The molecule has 0 amide bonds. The first-order valence-electron chi connectivity index (χ1n) is 10.3. The van der Waals surface area contributed by atoms with Crippen LogP contribution in [0.3, 0.4) is 0 Å². The van der Waals surface area contributed by atoms with Crippen molar-refractivity contribution in [2.24, 2.45) is 0 Å². The van der Waals surface area contributed by atoms with Crippen LogP contribution in [0.5, 0.6) is 11.5 Å². The molecule has 0 radical (unpaired) electrons. The summed E-state index contributed by atoms with van der Waals surface area (Å²) in [6.45, 7) is -0.882. The van der Waals surface area contributed by atoms with Crippen molar-refractivity contribution in [1.29, 1.82) is 0 Å². The summed E-state index contributed by atoms with van der Waals surface area (Å²) in [4.78, 5) is 11.7. The van der Waals surface area contributed by atoms with Crippen molar-refractivity contribution in [2.75, 3.05) is 0 Å². The molecule has 0 saturated heterocycles. The minimum Gasteiger partial charge on any atom is -0.488 e. The van der Waals surface area contributed by atoms with Gasteiger partial charge in [0.1, 0.15) is 23.7 Å². The second-order valence-corrected chi connectivity index (χ2v) is 8.39. The Balaban J connectivity index is 1.77. The first-order valence-corrected chi connectivity index (χ1v) is 11.1. The zero-order chi connectivity index (χ0) is 24.2. The molecular weight excluding hydrogens is 508 g/mol. The van der Waals surface area contributed by atoms with Gasteiger partial charge in [0.05, 0.1) is 5.69 Å². The van der Waals surface area contributed by atoms with Crippen LogP contribution in [0.4, 0.5) is 8.78 Å². The first kappa shape index (κ1) is 23.5. The van der Waals surface area contributed by atoms with E-state index in [1.54, 1.807) is 6.07 Å². The fourth-order valence-electron chi connectivity index (χ4n) is 3.68. The van der Waals surface area contributed by atoms with E-state index in [2.05, 4.69) is 20.7 Å². The van der Waals surface area contributed by atoms with Crippen LogP contribution >= 0.6 is 15.9 Å². The van der Waals surface area contributed by atoms with Gasteiger partial charge in [-0.05, 0) is 61.0 Å². The molecule has 0 saturated carbocycles. The molecule has 4 rings (SSSR count). The molecule has 1 heterocycles. The molecule has 8 heteroatoms. The first-order chi connectivity index (χ1) is 16.3. The number of alkyl halides is 2. The third kappa shape index (κ3) is 5.12. The lowest BCUT2D eigenvalue weighted by Crippen LogP contribution is -2.09. The molecule has 0 aliphatic heterocycles. The van der Waals surface area contributed by atoms with Gasteiger partial charge in [-0.3, -0.25) is 0 Å². The number of carbonyl (C=O) groups is 1. The molecule has 0 unspecified atom stereocenters. The topological polar surface area (TPSA) is 60.7 Å². The number of hydrogen-bond donors (Lipinski definition) is 1. The zero-order valence-corrected chi connectivity index (χ0v) is 19.6. The molecule has 34 heavy (non-hydrogen) atoms. The Hall–Kier alpha value is -3.65. The lowest BCUT2D eigenvalue weighted by molar-refractivity contribution is -0.0503. The Morgan fingerprint density at radius 2 is 1.74 bits per heavy atom. The highest BCUT2D eigenvalue weighted by Crippen LogP contribution is 2.37. The summed E-state index contributed by atoms with van der Waals surface area (Å²) in [7, 11) is 0. The largest absolute Gasteiger partial charge is 0.488 e. The van der Waals surface area contributed by atoms with Gasteiger partial charge in [0.2, 0.25) is 0 Å². The van der Waals surface area contributed by atoms with Gasteiger partial charge in [-0.2, -0.15) is 8.78 Å². The average Bonchev–Trinajstić information content (AvgIpc) is 3.20. The van der Waals surface area contributed by atoms with Gasteiger partial charge >= 0.3 is 12.6 Å². The monoisotopic (exact) mass is 527 g/mol. The van der Waals surface area contributed by atoms with Crippen LogP contribution in [0.2, 0.25) is 0 Å². The molecule has 1 N–H and O–H groups in total. The van der Waals surface area contributed by atoms with Crippen molar-refractivity contribution in [3.63, 3.8) is 0 Å². The predicted molar refractivity (Wildman–Crippen MR) is 128 cm³/mol. The molecule has 0 aliphatic rings. The molecule has 0 bridgehead atoms. The number of halogens is 3. The van der Waals surface area contributed by atoms with Crippen molar-refractivity contribution in [3.05, 3.63) is 100 Å². The Morgan fingerprint density at radius 3 is 2.44 bits per heavy atom. The van der Waals surface area contributed by atoms with Gasteiger partial charge in [-0.15, -0.1) is 0 Å². The lowest BCUT2D eigenvalue weighted by Gasteiger charge is -2.17. The van der Waals surface area contributed by atoms with Gasteiger partial charge in [0.25, 0.3) is 0 Å². The SMILES string of the molecule is Cc1ccc(-c2cc(Br)ccc2OCc2ccccc2)n1-c1ccc(OC(F)F)c(C(=O)O)c1. The lowest BCUT2D eigenvalue weighted by atomic mass is 10.1. The molecule has 0 atom stereocenters. The average molecular weight is 528 g/mol. The second kappa shape index (κ2) is 10.1. The van der Waals surface area contributed by atoms with E-state index in [4.69, 9.17) is 4.74 Å². The number of rotatable bonds is 8. The van der Waals surface area contributed by atoms with E-state index in [0.717, 1.165) is 27.0 Å². The molecule has 4 aromatic rings. The third-order valence-electron chi connectivity index (χ3n) is 5.20. The zero-order valence-electron chi connectivity index (χ0n) is 18.0. The van der Waals surface area contributed by atoms with Crippen molar-refractivity contribution in [2.45, 2.75) is 20.1 Å². The van der Waals surface area contributed by atoms with Crippen LogP contribution in [0, 0.1) is 6.92 Å². The number of benzene rings is 3. The maximum Gasteiger partial charge on any atom is 0.387 e. The van der Waals surface area contributed by atoms with Crippen LogP contribution in [0.15, 0.2) is 83.3 Å². The summed E-state index contributed by atoms with van der Waals surface area (Å²) in [6, 6.07) is 23.3. The fourth-order valence-corrected chi connectivity index (χ4v) is 4.04. The van der Waals surface area contributed by atoms with Crippen LogP contribution in [0.25, 0.3) is 16.9 Å². The summed E-state index contributed by atoms with van der Waals surface area (Å²) in [5, 5.41) is 9.55. The smallest absolute Gasteiger partial charge is 0.387 e. The van der Waals surface area contributed by atoms with Crippen molar-refractivity contribution < 1.29 is 28.2 Å². The minimum absolute atomic E-state index is 0.355. The molecule has 1 aromatic heterocycles. The maximum atomic E-state index is 12.7. The Labute approximate surface area is 203 Å². The highest BCUT2D eigenvalue weighted by Gasteiger charge is 2.19. The maximum absolute atomic E-state index is 12.7. The van der Waals surface area contributed by atoms with E-state index < -0.39 is 18.3 Å². The van der Waals surface area contributed by atoms with Crippen LogP contribution in [-0.4, -0.2) is 22.3 Å². The third-order valence-corrected chi connectivity index (χ3v) is 5.69. The molecule has 3 aromatic carbocycles. The number of aromatic carboxylic acids is 1. The number of aromatic nitrogens is 1. The summed E-state index contributed by atoms with van der Waals surface area (Å²) in [5.41, 5.74) is 3.51. The van der Waals surface area contributed by atoms with Crippen LogP contribution < -0.4 is 9.47 Å². The summed E-state index contributed by atoms with van der Waals surface area (Å²) >= 11 is 3.51. The van der Waals surface area contributed by atoms with Crippen LogP contribution in [0.1, 0.15) is 21.6 Å². The number of hydrogen-bond acceptors (Lipinski definition) is 3. The molecular formula is C26H20BrF2NO4. The van der Waals surface area contributed by atoms with E-state index in [-0.39, 0.29) is 5.56 Å². The van der Waals surface area contributed by atoms with Gasteiger partial charge in [-0.1, -0.05) is 46.3 Å².